The third kappa shape index (κ3) is 15.8. The molecule has 22 nitrogen and oxygen atoms in total. The number of aromatic hydroxyl groups is 1. The van der Waals surface area contributed by atoms with Crippen molar-refractivity contribution in [3.63, 3.8) is 0 Å². The molecule has 4 aliphatic heterocycles. The molecule has 0 bridgehead atoms. The quantitative estimate of drug-likeness (QED) is 0.0690. The number of hydrogen-bond donors (Lipinski definition) is 6. The Morgan fingerprint density at radius 2 is 1.60 bits per heavy atom. The molecule has 1 amide bonds. The zero-order valence-electron chi connectivity index (χ0n) is 51.1. The summed E-state index contributed by atoms with van der Waals surface area (Å²) in [4.78, 5) is 58.7. The molecule has 22 heteroatoms. The maximum absolute atomic E-state index is 14.5. The van der Waals surface area contributed by atoms with Crippen molar-refractivity contribution in [1.82, 2.24) is 14.7 Å². The van der Waals surface area contributed by atoms with Crippen LogP contribution in [0.1, 0.15) is 142 Å². The summed E-state index contributed by atoms with van der Waals surface area (Å²) in [5.41, 5.74) is -1.94. The SMILES string of the molecule is CC[C@H]1OC(=O)[C@H](C)[C@@H](O[C@H]2C[C@@](C)(OC)[C@@H](O)[C@H](C)O2)[C@H](C)[C@@H](O[C@@H]2O[C@H](C)CC(N(C)C(=O)CN(C)CCOC(=O)CC/C(C)=C/Cc3c(O)c4c(c(C)c3OC)COC4=O)[C@H]2O)[C@](C)(O)C[C@@H](C)CN(C)[C@H](C)[C@@H](O)[C@]1(C)O. The van der Waals surface area contributed by atoms with Gasteiger partial charge in [-0.15, -0.1) is 0 Å². The molecule has 4 heterocycles. The van der Waals surface area contributed by atoms with Gasteiger partial charge in [0, 0.05) is 63.2 Å². The second-order valence-corrected chi connectivity index (χ2v) is 24.3. The predicted molar refractivity (Wildman–Crippen MR) is 297 cm³/mol. The van der Waals surface area contributed by atoms with Crippen molar-refractivity contribution in [3.8, 4) is 11.5 Å². The summed E-state index contributed by atoms with van der Waals surface area (Å²) in [6.45, 7) is 21.3. The molecule has 0 radical (unpaired) electrons. The molecule has 1 unspecified atom stereocenters. The Labute approximate surface area is 479 Å². The number of fused-ring (bicyclic) bond motifs is 1. The van der Waals surface area contributed by atoms with E-state index in [1.54, 1.807) is 81.4 Å². The molecule has 1 aromatic rings. The highest BCUT2D eigenvalue weighted by atomic mass is 16.7. The van der Waals surface area contributed by atoms with Crippen molar-refractivity contribution >= 4 is 23.8 Å². The number of aliphatic hydroxyl groups excluding tert-OH is 3. The summed E-state index contributed by atoms with van der Waals surface area (Å²) in [5.74, 6) is -4.14. The molecule has 3 fully saturated rings. The number of cyclic esters (lactones) is 2. The van der Waals surface area contributed by atoms with Crippen LogP contribution in [-0.4, -0.2) is 221 Å². The first-order chi connectivity index (χ1) is 37.7. The van der Waals surface area contributed by atoms with Crippen LogP contribution in [0.15, 0.2) is 11.6 Å². The molecule has 4 aliphatic rings. The molecular weight excluding hydrogens is 1050 g/mol. The van der Waals surface area contributed by atoms with Crippen molar-refractivity contribution in [2.45, 2.75) is 225 Å². The lowest BCUT2D eigenvalue weighted by molar-refractivity contribution is -0.317. The molecule has 81 heavy (non-hydrogen) atoms. The normalized spacial score (nSPS) is 36.7. The minimum atomic E-state index is -1.88. The number of amides is 1. The smallest absolute Gasteiger partial charge is 0.342 e. The Balaban J connectivity index is 1.30. The van der Waals surface area contributed by atoms with E-state index < -0.39 is 120 Å². The molecule has 1 aromatic carbocycles. The van der Waals surface area contributed by atoms with Gasteiger partial charge in [0.15, 0.2) is 12.6 Å². The lowest BCUT2D eigenvalue weighted by Crippen LogP contribution is -2.61. The van der Waals surface area contributed by atoms with Crippen LogP contribution in [0, 0.1) is 24.7 Å². The summed E-state index contributed by atoms with van der Waals surface area (Å²) in [7, 11) is 8.07. The zero-order valence-corrected chi connectivity index (χ0v) is 51.1. The number of nitrogens with zero attached hydrogens (tertiary/aromatic N) is 3. The van der Waals surface area contributed by atoms with Gasteiger partial charge in [-0.1, -0.05) is 32.4 Å². The number of carbonyl (C=O) groups is 4. The number of benzene rings is 1. The van der Waals surface area contributed by atoms with Crippen LogP contribution in [-0.2, 0) is 65.3 Å². The number of phenolic OH excluding ortho intramolecular Hbond substituents is 1. The van der Waals surface area contributed by atoms with Gasteiger partial charge in [-0.3, -0.25) is 19.3 Å². The molecule has 0 saturated carbocycles. The number of likely N-dealkylation sites (N-methyl/N-ethyl adjacent to an activating group) is 3. The Morgan fingerprint density at radius 1 is 0.938 bits per heavy atom. The number of esters is 3. The van der Waals surface area contributed by atoms with Crippen LogP contribution in [0.3, 0.4) is 0 Å². The van der Waals surface area contributed by atoms with Gasteiger partial charge in [0.25, 0.3) is 0 Å². The highest BCUT2D eigenvalue weighted by Crippen LogP contribution is 2.43. The van der Waals surface area contributed by atoms with Gasteiger partial charge in [-0.2, -0.15) is 0 Å². The molecule has 6 N–H and O–H groups in total. The van der Waals surface area contributed by atoms with Gasteiger partial charge in [-0.05, 0) is 120 Å². The first-order valence-corrected chi connectivity index (χ1v) is 28.6. The van der Waals surface area contributed by atoms with Gasteiger partial charge in [0.05, 0.1) is 61.2 Å². The summed E-state index contributed by atoms with van der Waals surface area (Å²) < 4.78 is 54.3. The van der Waals surface area contributed by atoms with E-state index in [1.807, 2.05) is 31.7 Å². The largest absolute Gasteiger partial charge is 0.507 e. The Bertz CT molecular complexity index is 2350. The zero-order chi connectivity index (χ0) is 60.8. The number of phenols is 1. The fourth-order valence-electron chi connectivity index (χ4n) is 12.3. The number of rotatable bonds is 18. The molecule has 0 spiro atoms. The molecule has 462 valence electrons. The van der Waals surface area contributed by atoms with E-state index >= 15 is 0 Å². The summed E-state index contributed by atoms with van der Waals surface area (Å²) >= 11 is 0. The molecular formula is C59H97N3O19. The average molecular weight is 1150 g/mol. The number of allylic oxidation sites excluding steroid dienone is 2. The highest BCUT2D eigenvalue weighted by molar-refractivity contribution is 5.98. The third-order valence-corrected chi connectivity index (χ3v) is 17.6. The van der Waals surface area contributed by atoms with Gasteiger partial charge in [-0.25, -0.2) is 4.79 Å². The van der Waals surface area contributed by atoms with Crippen LogP contribution in [0.25, 0.3) is 0 Å². The number of ether oxygens (including phenoxy) is 9. The lowest BCUT2D eigenvalue weighted by atomic mass is 9.77. The summed E-state index contributed by atoms with van der Waals surface area (Å²) in [5, 5.41) is 70.7. The van der Waals surface area contributed by atoms with Crippen LogP contribution < -0.4 is 4.74 Å². The summed E-state index contributed by atoms with van der Waals surface area (Å²) in [6, 6.07) is -1.44. The monoisotopic (exact) mass is 1150 g/mol. The van der Waals surface area contributed by atoms with Gasteiger partial charge in [0.2, 0.25) is 5.91 Å². The minimum absolute atomic E-state index is 0.00743. The van der Waals surface area contributed by atoms with Crippen LogP contribution in [0.5, 0.6) is 11.5 Å². The topological polar surface area (TPSA) is 282 Å². The summed E-state index contributed by atoms with van der Waals surface area (Å²) in [6.07, 6.45) is -7.98. The highest BCUT2D eigenvalue weighted by Gasteiger charge is 2.53. The Kier molecular flexibility index (Phi) is 23.6. The Morgan fingerprint density at radius 3 is 2.23 bits per heavy atom. The second kappa shape index (κ2) is 28.2. The van der Waals surface area contributed by atoms with E-state index in [4.69, 9.17) is 42.6 Å². The average Bonchev–Trinajstić information content (AvgIpc) is 4.07. The van der Waals surface area contributed by atoms with Gasteiger partial charge >= 0.3 is 17.9 Å². The standard InChI is InChI=1S/C59H97N3O19/c1-18-42-59(12,72)51(67)37(8)61(14)28-32(3)26-57(10,71)53(35(6)49(36(7)54(69)79-42)80-45-27-58(11,74-17)52(68)38(9)78-45)81-56-48(66)41(25-33(4)77-56)62(15)43(63)29-60(13)23-24-75-44(64)22-20-31(2)19-21-39-47(65)46-40(30-76-55(46)70)34(5)50(39)73-16/h19,32-33,35-38,41-42,45,48-49,51-53,56,65-68,71-72H,18,20-30H2,1-17H3/b31-19+/t32-,33-,35+,36-,37-,38+,41?,42-,45+,48-,49+,51-,52+,53-,56+,57-,58-,59-/m1/s1. The minimum Gasteiger partial charge on any atom is -0.507 e. The van der Waals surface area contributed by atoms with Crippen molar-refractivity contribution in [1.29, 1.82) is 0 Å². The van der Waals surface area contributed by atoms with Crippen molar-refractivity contribution in [2.24, 2.45) is 17.8 Å². The first kappa shape index (κ1) is 67.7. The number of carbonyl (C=O) groups excluding carboxylic acids is 4. The maximum Gasteiger partial charge on any atom is 0.342 e. The van der Waals surface area contributed by atoms with Crippen LogP contribution in [0.4, 0.5) is 0 Å². The Hall–Kier alpha value is -4.04. The molecule has 5 rings (SSSR count). The van der Waals surface area contributed by atoms with E-state index in [9.17, 15) is 49.8 Å². The molecule has 0 aromatic heterocycles. The number of aliphatic hydroxyl groups is 5. The van der Waals surface area contributed by atoms with E-state index in [1.165, 1.54) is 26.0 Å². The van der Waals surface area contributed by atoms with Crippen molar-refractivity contribution in [2.75, 3.05) is 61.6 Å². The van der Waals surface area contributed by atoms with E-state index in [2.05, 4.69) is 0 Å². The van der Waals surface area contributed by atoms with Crippen molar-refractivity contribution < 1.29 is 92.4 Å². The second-order valence-electron chi connectivity index (χ2n) is 24.3. The fourth-order valence-corrected chi connectivity index (χ4v) is 12.3. The van der Waals surface area contributed by atoms with Gasteiger partial charge < -0.3 is 83.1 Å². The van der Waals surface area contributed by atoms with E-state index in [-0.39, 0.29) is 88.0 Å². The van der Waals surface area contributed by atoms with Crippen molar-refractivity contribution in [3.05, 3.63) is 33.9 Å². The van der Waals surface area contributed by atoms with Crippen LogP contribution in [0.2, 0.25) is 0 Å². The predicted octanol–water partition coefficient (Wildman–Crippen LogP) is 3.93. The molecule has 0 aliphatic carbocycles. The third-order valence-electron chi connectivity index (χ3n) is 17.6. The lowest BCUT2D eigenvalue weighted by Gasteiger charge is -2.49. The van der Waals surface area contributed by atoms with E-state index in [0.717, 1.165) is 11.1 Å². The first-order valence-electron chi connectivity index (χ1n) is 28.6. The molecule has 18 atom stereocenters. The number of hydrogen-bond acceptors (Lipinski definition) is 21. The van der Waals surface area contributed by atoms with Crippen LogP contribution >= 0.6 is 0 Å². The number of methoxy groups -OCH3 is 2. The maximum atomic E-state index is 14.5. The fraction of sp³-hybridized carbons (Fsp3) is 0.797. The van der Waals surface area contributed by atoms with Gasteiger partial charge in [0.1, 0.15) is 60.3 Å². The molecule has 3 saturated heterocycles. The van der Waals surface area contributed by atoms with E-state index in [0.29, 0.717) is 29.8 Å².